The van der Waals surface area contributed by atoms with Crippen LogP contribution in [0.2, 0.25) is 0 Å². The summed E-state index contributed by atoms with van der Waals surface area (Å²) in [5.74, 6) is 0.493. The molecule has 2 heterocycles. The average Bonchev–Trinajstić information content (AvgIpc) is 3.54. The Labute approximate surface area is 191 Å². The standard InChI is InChI=1S/C27H22N4O2/c32-27(23-10-4-5-11-26(23)31-14-6-7-15-31)30-29-18-21-17-28-25-13-12-22(16-24(21)25)33-19-20-8-2-1-3-9-20/h1-18,28H,19H2,(H,30,32). The molecule has 0 spiro atoms. The third kappa shape index (κ3) is 4.55. The molecule has 0 radical (unpaired) electrons. The van der Waals surface area contributed by atoms with Gasteiger partial charge in [-0.25, -0.2) is 5.43 Å². The van der Waals surface area contributed by atoms with E-state index < -0.39 is 0 Å². The summed E-state index contributed by atoms with van der Waals surface area (Å²) in [4.78, 5) is 16.0. The number of carbonyl (C=O) groups is 1. The van der Waals surface area contributed by atoms with E-state index in [0.717, 1.165) is 33.5 Å². The molecule has 0 fully saturated rings. The third-order valence-corrected chi connectivity index (χ3v) is 5.33. The second kappa shape index (κ2) is 9.28. The summed E-state index contributed by atoms with van der Waals surface area (Å²) in [5, 5.41) is 5.16. The third-order valence-electron chi connectivity index (χ3n) is 5.33. The van der Waals surface area contributed by atoms with E-state index in [1.54, 1.807) is 12.3 Å². The summed E-state index contributed by atoms with van der Waals surface area (Å²) in [7, 11) is 0. The highest BCUT2D eigenvalue weighted by molar-refractivity contribution is 6.01. The van der Waals surface area contributed by atoms with Gasteiger partial charge in [0.05, 0.1) is 17.5 Å². The highest BCUT2D eigenvalue weighted by Crippen LogP contribution is 2.23. The SMILES string of the molecule is O=C(NN=Cc1c[nH]c2ccc(OCc3ccccc3)cc12)c1ccccc1-n1cccc1. The summed E-state index contributed by atoms with van der Waals surface area (Å²) in [6.07, 6.45) is 7.29. The first kappa shape index (κ1) is 20.3. The lowest BCUT2D eigenvalue weighted by Gasteiger charge is -2.09. The van der Waals surface area contributed by atoms with E-state index in [-0.39, 0.29) is 5.91 Å². The first-order chi connectivity index (χ1) is 16.3. The van der Waals surface area contributed by atoms with Gasteiger partial charge in [0.1, 0.15) is 12.4 Å². The first-order valence-electron chi connectivity index (χ1n) is 10.6. The molecule has 0 bridgehead atoms. The number of rotatable bonds is 7. The summed E-state index contributed by atoms with van der Waals surface area (Å²) in [6, 6.07) is 27.2. The number of para-hydroxylation sites is 1. The summed E-state index contributed by atoms with van der Waals surface area (Å²) in [5.41, 5.74) is 6.90. The van der Waals surface area contributed by atoms with Gasteiger partial charge in [0, 0.05) is 35.1 Å². The fourth-order valence-electron chi connectivity index (χ4n) is 3.67. The highest BCUT2D eigenvalue weighted by Gasteiger charge is 2.11. The van der Waals surface area contributed by atoms with E-state index in [1.165, 1.54) is 0 Å². The van der Waals surface area contributed by atoms with Crippen molar-refractivity contribution in [1.82, 2.24) is 15.0 Å². The predicted octanol–water partition coefficient (Wildman–Crippen LogP) is 5.30. The second-order valence-corrected chi connectivity index (χ2v) is 7.53. The molecule has 5 aromatic rings. The number of carbonyl (C=O) groups excluding carboxylic acids is 1. The second-order valence-electron chi connectivity index (χ2n) is 7.53. The van der Waals surface area contributed by atoms with Gasteiger partial charge >= 0.3 is 0 Å². The molecular weight excluding hydrogens is 412 g/mol. The van der Waals surface area contributed by atoms with E-state index in [1.807, 2.05) is 102 Å². The smallest absolute Gasteiger partial charge is 0.273 e. The van der Waals surface area contributed by atoms with Gasteiger partial charge in [0.15, 0.2) is 0 Å². The normalized spacial score (nSPS) is 11.2. The van der Waals surface area contributed by atoms with Gasteiger partial charge in [-0.05, 0) is 48.0 Å². The van der Waals surface area contributed by atoms with Crippen LogP contribution in [-0.2, 0) is 6.61 Å². The Morgan fingerprint density at radius 2 is 1.76 bits per heavy atom. The van der Waals surface area contributed by atoms with Crippen molar-refractivity contribution < 1.29 is 9.53 Å². The first-order valence-corrected chi connectivity index (χ1v) is 10.6. The van der Waals surface area contributed by atoms with Gasteiger partial charge in [-0.3, -0.25) is 4.79 Å². The molecule has 5 rings (SSSR count). The Morgan fingerprint density at radius 1 is 0.970 bits per heavy atom. The van der Waals surface area contributed by atoms with Gasteiger partial charge in [-0.15, -0.1) is 0 Å². The highest BCUT2D eigenvalue weighted by atomic mass is 16.5. The maximum atomic E-state index is 12.8. The molecule has 0 atom stereocenters. The maximum Gasteiger partial charge on any atom is 0.273 e. The Kier molecular flexibility index (Phi) is 5.72. The largest absolute Gasteiger partial charge is 0.489 e. The van der Waals surface area contributed by atoms with Crippen LogP contribution in [0, 0.1) is 0 Å². The van der Waals surface area contributed by atoms with Crippen LogP contribution in [0.25, 0.3) is 16.6 Å². The van der Waals surface area contributed by atoms with Crippen LogP contribution in [0.1, 0.15) is 21.5 Å². The van der Waals surface area contributed by atoms with Crippen LogP contribution in [0.15, 0.2) is 109 Å². The van der Waals surface area contributed by atoms with Crippen molar-refractivity contribution in [3.05, 3.63) is 120 Å². The average molecular weight is 434 g/mol. The van der Waals surface area contributed by atoms with Crippen molar-refractivity contribution in [2.45, 2.75) is 6.61 Å². The molecule has 162 valence electrons. The number of hydrogen-bond acceptors (Lipinski definition) is 3. The fourth-order valence-corrected chi connectivity index (χ4v) is 3.67. The molecule has 1 amide bonds. The van der Waals surface area contributed by atoms with Crippen LogP contribution in [0.4, 0.5) is 0 Å². The zero-order valence-corrected chi connectivity index (χ0v) is 17.8. The number of aromatic nitrogens is 2. The number of fused-ring (bicyclic) bond motifs is 1. The van der Waals surface area contributed by atoms with Crippen LogP contribution in [0.3, 0.4) is 0 Å². The number of hydrazone groups is 1. The molecule has 2 N–H and O–H groups in total. The van der Waals surface area contributed by atoms with E-state index in [9.17, 15) is 4.79 Å². The van der Waals surface area contributed by atoms with Gasteiger partial charge in [0.2, 0.25) is 0 Å². The maximum absolute atomic E-state index is 12.8. The molecule has 3 aromatic carbocycles. The van der Waals surface area contributed by atoms with E-state index in [4.69, 9.17) is 4.74 Å². The van der Waals surface area contributed by atoms with Crippen molar-refractivity contribution in [2.24, 2.45) is 5.10 Å². The minimum absolute atomic E-state index is 0.276. The number of amides is 1. The van der Waals surface area contributed by atoms with Crippen LogP contribution >= 0.6 is 0 Å². The van der Waals surface area contributed by atoms with Gasteiger partial charge in [0.25, 0.3) is 5.91 Å². The topological polar surface area (TPSA) is 71.4 Å². The predicted molar refractivity (Wildman–Crippen MR) is 130 cm³/mol. The molecule has 6 heteroatoms. The summed E-state index contributed by atoms with van der Waals surface area (Å²) < 4.78 is 7.84. The minimum atomic E-state index is -0.276. The van der Waals surface area contributed by atoms with Crippen LogP contribution in [0.5, 0.6) is 5.75 Å². The quantitative estimate of drug-likeness (QED) is 0.269. The summed E-state index contributed by atoms with van der Waals surface area (Å²) in [6.45, 7) is 0.497. The van der Waals surface area contributed by atoms with Crippen molar-refractivity contribution in [1.29, 1.82) is 0 Å². The Bertz CT molecular complexity index is 1400. The van der Waals surface area contributed by atoms with Gasteiger partial charge in [-0.2, -0.15) is 5.10 Å². The number of nitrogens with one attached hydrogen (secondary N) is 2. The Hall–Kier alpha value is -4.58. The molecule has 0 saturated heterocycles. The number of hydrogen-bond donors (Lipinski definition) is 2. The van der Waals surface area contributed by atoms with Crippen molar-refractivity contribution in [3.8, 4) is 11.4 Å². The van der Waals surface area contributed by atoms with Gasteiger partial charge < -0.3 is 14.3 Å². The van der Waals surface area contributed by atoms with Crippen LogP contribution in [-0.4, -0.2) is 21.7 Å². The fraction of sp³-hybridized carbons (Fsp3) is 0.0370. The molecule has 6 nitrogen and oxygen atoms in total. The van der Waals surface area contributed by atoms with Crippen molar-refractivity contribution in [3.63, 3.8) is 0 Å². The lowest BCUT2D eigenvalue weighted by Crippen LogP contribution is -2.19. The molecular formula is C27H22N4O2. The number of ether oxygens (including phenoxy) is 1. The number of benzene rings is 3. The molecule has 2 aromatic heterocycles. The Morgan fingerprint density at radius 3 is 2.61 bits per heavy atom. The molecule has 0 aliphatic heterocycles. The van der Waals surface area contributed by atoms with Crippen molar-refractivity contribution >= 4 is 23.0 Å². The molecule has 0 aliphatic carbocycles. The number of nitrogens with zero attached hydrogens (tertiary/aromatic N) is 2. The molecule has 33 heavy (non-hydrogen) atoms. The number of aromatic amines is 1. The molecule has 0 aliphatic rings. The van der Waals surface area contributed by atoms with E-state index in [0.29, 0.717) is 12.2 Å². The molecule has 0 unspecified atom stereocenters. The van der Waals surface area contributed by atoms with E-state index >= 15 is 0 Å². The minimum Gasteiger partial charge on any atom is -0.489 e. The van der Waals surface area contributed by atoms with Crippen molar-refractivity contribution in [2.75, 3.05) is 0 Å². The zero-order valence-electron chi connectivity index (χ0n) is 17.8. The zero-order chi connectivity index (χ0) is 22.5. The summed E-state index contributed by atoms with van der Waals surface area (Å²) >= 11 is 0. The monoisotopic (exact) mass is 434 g/mol. The number of H-pyrrole nitrogens is 1. The van der Waals surface area contributed by atoms with Crippen LogP contribution < -0.4 is 10.2 Å². The molecule has 0 saturated carbocycles. The van der Waals surface area contributed by atoms with E-state index in [2.05, 4.69) is 15.5 Å². The lowest BCUT2D eigenvalue weighted by molar-refractivity contribution is 0.0955. The van der Waals surface area contributed by atoms with Gasteiger partial charge in [-0.1, -0.05) is 42.5 Å². The lowest BCUT2D eigenvalue weighted by atomic mass is 10.1. The Balaban J connectivity index is 1.30.